The summed E-state index contributed by atoms with van der Waals surface area (Å²) in [6.07, 6.45) is 1.09. The second kappa shape index (κ2) is 5.30. The Morgan fingerprint density at radius 1 is 1.56 bits per heavy atom. The van der Waals surface area contributed by atoms with E-state index in [1.54, 1.807) is 12.1 Å². The minimum absolute atomic E-state index is 0.0391. The molecule has 0 fully saturated rings. The molecule has 0 aliphatic carbocycles. The maximum absolute atomic E-state index is 10.8. The highest BCUT2D eigenvalue weighted by Gasteiger charge is 2.19. The summed E-state index contributed by atoms with van der Waals surface area (Å²) in [5.41, 5.74) is -0.154. The number of hydrogen-bond acceptors (Lipinski definition) is 5. The summed E-state index contributed by atoms with van der Waals surface area (Å²) in [5.74, 6) is -0.249. The molecule has 0 unspecified atom stereocenters. The maximum atomic E-state index is 10.8. The molecule has 90 valence electrons. The van der Waals surface area contributed by atoms with Crippen LogP contribution in [0.2, 0.25) is 0 Å². The molecule has 1 N–H and O–H groups in total. The molecule has 0 saturated heterocycles. The first kappa shape index (κ1) is 13.7. The minimum atomic E-state index is -0.602. The molecule has 0 saturated carbocycles. The SMILES string of the molecule is Cc1c([N+](=O)[O-])cc(C=C(C#N)C#N)c(O)c1Br. The van der Waals surface area contributed by atoms with Crippen molar-refractivity contribution in [2.45, 2.75) is 6.92 Å². The van der Waals surface area contributed by atoms with E-state index in [0.717, 1.165) is 12.1 Å². The third-order valence-corrected chi connectivity index (χ3v) is 3.19. The van der Waals surface area contributed by atoms with Gasteiger partial charge in [0.05, 0.1) is 9.40 Å². The van der Waals surface area contributed by atoms with Crippen molar-refractivity contribution in [3.8, 4) is 17.9 Å². The highest BCUT2D eigenvalue weighted by Crippen LogP contribution is 2.37. The Bertz CT molecular complexity index is 622. The number of hydrogen-bond donors (Lipinski definition) is 1. The van der Waals surface area contributed by atoms with Crippen molar-refractivity contribution in [1.29, 1.82) is 10.5 Å². The fourth-order valence-corrected chi connectivity index (χ4v) is 1.72. The van der Waals surface area contributed by atoms with Crippen LogP contribution in [0, 0.1) is 39.7 Å². The minimum Gasteiger partial charge on any atom is -0.506 e. The number of nitro benzene ring substituents is 1. The normalized spacial score (nSPS) is 9.11. The van der Waals surface area contributed by atoms with Gasteiger partial charge in [0.1, 0.15) is 23.5 Å². The van der Waals surface area contributed by atoms with Crippen LogP contribution in [0.15, 0.2) is 16.1 Å². The molecule has 0 spiro atoms. The lowest BCUT2D eigenvalue weighted by atomic mass is 10.1. The standard InChI is InChI=1S/C11H6BrN3O3/c1-6-9(15(17)18)3-8(11(16)10(6)12)2-7(4-13)5-14/h2-3,16H,1H3. The molecule has 0 aromatic heterocycles. The van der Waals surface area contributed by atoms with Crippen molar-refractivity contribution in [3.05, 3.63) is 37.4 Å². The summed E-state index contributed by atoms with van der Waals surface area (Å²) in [6.45, 7) is 1.48. The molecule has 0 aliphatic heterocycles. The Morgan fingerprint density at radius 3 is 2.56 bits per heavy atom. The molecule has 1 aromatic carbocycles. The molecule has 0 amide bonds. The van der Waals surface area contributed by atoms with Crippen molar-refractivity contribution >= 4 is 27.7 Å². The van der Waals surface area contributed by atoms with E-state index in [1.807, 2.05) is 0 Å². The van der Waals surface area contributed by atoms with Gasteiger partial charge in [-0.15, -0.1) is 0 Å². The molecular weight excluding hydrogens is 302 g/mol. The molecule has 7 heteroatoms. The fourth-order valence-electron chi connectivity index (χ4n) is 1.29. The zero-order valence-corrected chi connectivity index (χ0v) is 10.7. The number of rotatable bonds is 2. The smallest absolute Gasteiger partial charge is 0.274 e. The van der Waals surface area contributed by atoms with Crippen LogP contribution in [0.5, 0.6) is 5.75 Å². The fraction of sp³-hybridized carbons (Fsp3) is 0.0909. The van der Waals surface area contributed by atoms with E-state index in [9.17, 15) is 15.2 Å². The number of phenols is 1. The van der Waals surface area contributed by atoms with E-state index in [4.69, 9.17) is 10.5 Å². The van der Waals surface area contributed by atoms with E-state index in [-0.39, 0.29) is 32.6 Å². The summed E-state index contributed by atoms with van der Waals surface area (Å²) >= 11 is 3.03. The first-order chi connectivity index (χ1) is 8.42. The van der Waals surface area contributed by atoms with Crippen molar-refractivity contribution in [2.75, 3.05) is 0 Å². The topological polar surface area (TPSA) is 111 Å². The van der Waals surface area contributed by atoms with Crippen LogP contribution in [0.1, 0.15) is 11.1 Å². The van der Waals surface area contributed by atoms with Gasteiger partial charge in [0.2, 0.25) is 0 Å². The number of allylic oxidation sites excluding steroid dienone is 1. The highest BCUT2D eigenvalue weighted by molar-refractivity contribution is 9.10. The Labute approximate surface area is 111 Å². The Kier molecular flexibility index (Phi) is 4.03. The highest BCUT2D eigenvalue weighted by atomic mass is 79.9. The summed E-state index contributed by atoms with van der Waals surface area (Å²) in [5, 5.41) is 37.8. The molecule has 18 heavy (non-hydrogen) atoms. The van der Waals surface area contributed by atoms with E-state index in [0.29, 0.717) is 0 Å². The summed E-state index contributed by atoms with van der Waals surface area (Å²) in [4.78, 5) is 10.2. The average Bonchev–Trinajstić information content (AvgIpc) is 2.35. The van der Waals surface area contributed by atoms with E-state index < -0.39 is 4.92 Å². The van der Waals surface area contributed by atoms with Gasteiger partial charge in [0, 0.05) is 17.2 Å². The Morgan fingerprint density at radius 2 is 2.11 bits per heavy atom. The predicted octanol–water partition coefficient (Wildman–Crippen LogP) is 2.80. The van der Waals surface area contributed by atoms with Gasteiger partial charge in [-0.05, 0) is 28.9 Å². The number of nitrogens with zero attached hydrogens (tertiary/aromatic N) is 3. The Balaban J connectivity index is 3.59. The first-order valence-electron chi connectivity index (χ1n) is 4.60. The van der Waals surface area contributed by atoms with E-state index >= 15 is 0 Å². The van der Waals surface area contributed by atoms with Gasteiger partial charge in [-0.2, -0.15) is 10.5 Å². The van der Waals surface area contributed by atoms with Crippen molar-refractivity contribution in [3.63, 3.8) is 0 Å². The van der Waals surface area contributed by atoms with Crippen LogP contribution in [0.3, 0.4) is 0 Å². The van der Waals surface area contributed by atoms with Gasteiger partial charge in [-0.3, -0.25) is 10.1 Å². The van der Waals surface area contributed by atoms with Crippen LogP contribution in [-0.4, -0.2) is 10.0 Å². The van der Waals surface area contributed by atoms with Crippen molar-refractivity contribution in [2.24, 2.45) is 0 Å². The van der Waals surface area contributed by atoms with E-state index in [2.05, 4.69) is 15.9 Å². The van der Waals surface area contributed by atoms with E-state index in [1.165, 1.54) is 6.92 Å². The van der Waals surface area contributed by atoms with Gasteiger partial charge in [-0.25, -0.2) is 0 Å². The maximum Gasteiger partial charge on any atom is 0.274 e. The molecule has 0 radical (unpaired) electrons. The number of phenolic OH excluding ortho intramolecular Hbond substituents is 1. The quantitative estimate of drug-likeness (QED) is 0.513. The van der Waals surface area contributed by atoms with Crippen LogP contribution in [0.25, 0.3) is 6.08 Å². The molecule has 0 heterocycles. The zero-order chi connectivity index (χ0) is 13.9. The average molecular weight is 308 g/mol. The predicted molar refractivity (Wildman–Crippen MR) is 66.4 cm³/mol. The second-order valence-corrected chi connectivity index (χ2v) is 4.10. The largest absolute Gasteiger partial charge is 0.506 e. The molecular formula is C11H6BrN3O3. The monoisotopic (exact) mass is 307 g/mol. The van der Waals surface area contributed by atoms with Gasteiger partial charge >= 0.3 is 0 Å². The second-order valence-electron chi connectivity index (χ2n) is 3.31. The van der Waals surface area contributed by atoms with Gasteiger partial charge in [-0.1, -0.05) is 0 Å². The summed E-state index contributed by atoms with van der Waals surface area (Å²) in [7, 11) is 0. The van der Waals surface area contributed by atoms with Gasteiger partial charge in [0.15, 0.2) is 0 Å². The summed E-state index contributed by atoms with van der Waals surface area (Å²) < 4.78 is 0.165. The van der Waals surface area contributed by atoms with Crippen LogP contribution in [0.4, 0.5) is 5.69 Å². The van der Waals surface area contributed by atoms with Crippen molar-refractivity contribution in [1.82, 2.24) is 0 Å². The number of aromatic hydroxyl groups is 1. The number of nitriles is 2. The number of halogens is 1. The van der Waals surface area contributed by atoms with Gasteiger partial charge in [0.25, 0.3) is 5.69 Å². The van der Waals surface area contributed by atoms with Crippen LogP contribution in [-0.2, 0) is 0 Å². The lowest BCUT2D eigenvalue weighted by Gasteiger charge is -2.06. The molecule has 1 rings (SSSR count). The lowest BCUT2D eigenvalue weighted by Crippen LogP contribution is -1.94. The lowest BCUT2D eigenvalue weighted by molar-refractivity contribution is -0.385. The van der Waals surface area contributed by atoms with Gasteiger partial charge < -0.3 is 5.11 Å². The molecule has 1 aromatic rings. The third kappa shape index (κ3) is 2.47. The molecule has 6 nitrogen and oxygen atoms in total. The molecule has 0 atom stereocenters. The Hall–Kier alpha value is -2.38. The van der Waals surface area contributed by atoms with Crippen LogP contribution >= 0.6 is 15.9 Å². The number of nitro groups is 1. The molecule has 0 aliphatic rings. The first-order valence-corrected chi connectivity index (χ1v) is 5.40. The van der Waals surface area contributed by atoms with Crippen LogP contribution < -0.4 is 0 Å². The third-order valence-electron chi connectivity index (χ3n) is 2.22. The summed E-state index contributed by atoms with van der Waals surface area (Å²) in [6, 6.07) is 4.34. The van der Waals surface area contributed by atoms with Crippen molar-refractivity contribution < 1.29 is 10.0 Å². The zero-order valence-electron chi connectivity index (χ0n) is 9.14. The number of benzene rings is 1. The molecule has 0 bridgehead atoms.